The van der Waals surface area contributed by atoms with E-state index in [4.69, 9.17) is 9.84 Å². The molecule has 2 aromatic rings. The second-order valence-corrected chi connectivity index (χ2v) is 5.82. The number of hydrogen-bond donors (Lipinski definition) is 2. The van der Waals surface area contributed by atoms with Crippen molar-refractivity contribution in [3.8, 4) is 10.8 Å². The molecule has 2 heterocycles. The van der Waals surface area contributed by atoms with E-state index in [0.29, 0.717) is 5.75 Å². The van der Waals surface area contributed by atoms with Crippen molar-refractivity contribution in [3.05, 3.63) is 41.5 Å². The van der Waals surface area contributed by atoms with E-state index in [1.54, 1.807) is 35.6 Å². The minimum absolute atomic E-state index is 0. The van der Waals surface area contributed by atoms with Crippen LogP contribution in [-0.2, 0) is 0 Å². The molecule has 2 N–H and O–H groups in total. The number of piperazine rings is 1. The van der Waals surface area contributed by atoms with Crippen molar-refractivity contribution in [1.29, 1.82) is 0 Å². The Bertz CT molecular complexity index is 533. The molecule has 1 aromatic heterocycles. The van der Waals surface area contributed by atoms with Crippen LogP contribution in [-0.4, -0.2) is 54.3 Å². The molecule has 0 radical (unpaired) electrons. The molecule has 1 fully saturated rings. The summed E-state index contributed by atoms with van der Waals surface area (Å²) in [5, 5.41) is 12.9. The van der Waals surface area contributed by atoms with E-state index >= 15 is 0 Å². The molecule has 1 aliphatic heterocycles. The van der Waals surface area contributed by atoms with E-state index in [9.17, 15) is 0 Å². The third-order valence-corrected chi connectivity index (χ3v) is 4.15. The van der Waals surface area contributed by atoms with Crippen LogP contribution in [0.25, 0.3) is 0 Å². The fourth-order valence-corrected chi connectivity index (χ4v) is 2.74. The Balaban J connectivity index is 0.000000280. The first kappa shape index (κ1) is 19.7. The van der Waals surface area contributed by atoms with Gasteiger partial charge in [-0.15, -0.1) is 12.4 Å². The first-order chi connectivity index (χ1) is 10.8. The number of benzene rings is 1. The topological polar surface area (TPSA) is 57.6 Å². The predicted molar refractivity (Wildman–Crippen MR) is 97.0 cm³/mol. The van der Waals surface area contributed by atoms with Crippen LogP contribution in [0.1, 0.15) is 5.69 Å². The number of para-hydroxylation sites is 1. The molecule has 0 aliphatic carbocycles. The molecular formula is C16H24ClN3O2S. The third kappa shape index (κ3) is 7.65. The molecular weight excluding hydrogens is 334 g/mol. The summed E-state index contributed by atoms with van der Waals surface area (Å²) in [4.78, 5) is 6.58. The molecule has 0 bridgehead atoms. The van der Waals surface area contributed by atoms with Gasteiger partial charge in [-0.25, -0.2) is 4.98 Å². The van der Waals surface area contributed by atoms with Gasteiger partial charge in [0.25, 0.3) is 0 Å². The Hall–Kier alpha value is -1.34. The number of nitrogens with one attached hydrogen (secondary N) is 1. The fraction of sp³-hybridized carbons (Fsp3) is 0.438. The predicted octanol–water partition coefficient (Wildman–Crippen LogP) is 2.55. The quantitative estimate of drug-likeness (QED) is 0.880. The van der Waals surface area contributed by atoms with E-state index < -0.39 is 0 Å². The number of aromatic hydroxyl groups is 1. The van der Waals surface area contributed by atoms with Gasteiger partial charge in [0.1, 0.15) is 12.4 Å². The average Bonchev–Trinajstić information content (AvgIpc) is 2.95. The minimum atomic E-state index is 0. The number of aromatic nitrogens is 1. The molecule has 23 heavy (non-hydrogen) atoms. The lowest BCUT2D eigenvalue weighted by Crippen LogP contribution is -2.44. The highest BCUT2D eigenvalue weighted by atomic mass is 35.5. The van der Waals surface area contributed by atoms with Gasteiger partial charge in [0.2, 0.25) is 0 Å². The monoisotopic (exact) mass is 357 g/mol. The van der Waals surface area contributed by atoms with Crippen molar-refractivity contribution in [2.45, 2.75) is 6.92 Å². The van der Waals surface area contributed by atoms with Crippen LogP contribution < -0.4 is 10.1 Å². The molecule has 1 aromatic carbocycles. The minimum Gasteiger partial charge on any atom is -0.508 e. The van der Waals surface area contributed by atoms with Gasteiger partial charge in [0, 0.05) is 32.7 Å². The lowest BCUT2D eigenvalue weighted by Gasteiger charge is -2.26. The van der Waals surface area contributed by atoms with Crippen LogP contribution in [0.3, 0.4) is 0 Å². The van der Waals surface area contributed by atoms with Gasteiger partial charge in [-0.05, 0) is 19.1 Å². The van der Waals surface area contributed by atoms with Crippen molar-refractivity contribution in [3.63, 3.8) is 0 Å². The molecule has 5 nitrogen and oxygen atoms in total. The number of aryl methyl sites for hydroxylation is 1. The number of ether oxygens (including phenoxy) is 1. The second kappa shape index (κ2) is 11.2. The van der Waals surface area contributed by atoms with Gasteiger partial charge < -0.3 is 15.2 Å². The summed E-state index contributed by atoms with van der Waals surface area (Å²) in [6.45, 7) is 8.22. The number of nitrogens with zero attached hydrogens (tertiary/aromatic N) is 2. The van der Waals surface area contributed by atoms with Crippen molar-refractivity contribution >= 4 is 23.7 Å². The van der Waals surface area contributed by atoms with Crippen LogP contribution in [0, 0.1) is 6.92 Å². The van der Waals surface area contributed by atoms with E-state index in [-0.39, 0.29) is 12.4 Å². The second-order valence-electron chi connectivity index (χ2n) is 5.00. The van der Waals surface area contributed by atoms with Crippen molar-refractivity contribution in [2.75, 3.05) is 39.3 Å². The van der Waals surface area contributed by atoms with Crippen molar-refractivity contribution in [1.82, 2.24) is 15.2 Å². The van der Waals surface area contributed by atoms with Crippen LogP contribution in [0.5, 0.6) is 10.8 Å². The Morgan fingerprint density at radius 1 is 1.26 bits per heavy atom. The zero-order valence-electron chi connectivity index (χ0n) is 13.3. The highest BCUT2D eigenvalue weighted by Crippen LogP contribution is 2.21. The van der Waals surface area contributed by atoms with E-state index in [1.165, 1.54) is 0 Å². The summed E-state index contributed by atoms with van der Waals surface area (Å²) in [6.07, 6.45) is 0. The fourth-order valence-electron chi connectivity index (χ4n) is 2.06. The number of phenols is 1. The zero-order valence-corrected chi connectivity index (χ0v) is 14.9. The van der Waals surface area contributed by atoms with Gasteiger partial charge in [-0.1, -0.05) is 29.5 Å². The molecule has 1 saturated heterocycles. The van der Waals surface area contributed by atoms with Crippen LogP contribution in [0.2, 0.25) is 0 Å². The lowest BCUT2D eigenvalue weighted by atomic mass is 10.3. The van der Waals surface area contributed by atoms with Gasteiger partial charge >= 0.3 is 0 Å². The summed E-state index contributed by atoms with van der Waals surface area (Å²) >= 11 is 1.57. The first-order valence-electron chi connectivity index (χ1n) is 7.45. The third-order valence-electron chi connectivity index (χ3n) is 3.31. The van der Waals surface area contributed by atoms with Crippen molar-refractivity contribution < 1.29 is 9.84 Å². The number of phenolic OH excluding ortho intramolecular Hbond substituents is 1. The van der Waals surface area contributed by atoms with Gasteiger partial charge in [0.15, 0.2) is 5.06 Å². The normalized spacial score (nSPS) is 14.3. The van der Waals surface area contributed by atoms with E-state index in [2.05, 4.69) is 15.2 Å². The first-order valence-corrected chi connectivity index (χ1v) is 8.33. The molecule has 3 rings (SSSR count). The maximum absolute atomic E-state index is 8.63. The van der Waals surface area contributed by atoms with E-state index in [0.717, 1.165) is 50.1 Å². The van der Waals surface area contributed by atoms with Gasteiger partial charge in [-0.2, -0.15) is 0 Å². The standard InChI is InChI=1S/C10H17N3OS.C6H6O.ClH/c1-9-10(15-8-12-9)14-7-6-13-4-2-11-3-5-13;7-6-4-2-1-3-5-6;/h8,11H,2-7H2,1H3;1-5,7H;1H. The SMILES string of the molecule is Cc1ncsc1OCCN1CCNCC1.Cl.Oc1ccccc1. The van der Waals surface area contributed by atoms with Crippen LogP contribution in [0.4, 0.5) is 0 Å². The molecule has 0 saturated carbocycles. The van der Waals surface area contributed by atoms with Gasteiger partial charge in [0.05, 0.1) is 11.2 Å². The van der Waals surface area contributed by atoms with E-state index in [1.807, 2.05) is 18.5 Å². The number of rotatable bonds is 4. The summed E-state index contributed by atoms with van der Waals surface area (Å²) in [7, 11) is 0. The summed E-state index contributed by atoms with van der Waals surface area (Å²) in [5.74, 6) is 0.322. The molecule has 0 amide bonds. The van der Waals surface area contributed by atoms with Gasteiger partial charge in [-0.3, -0.25) is 4.90 Å². The lowest BCUT2D eigenvalue weighted by molar-refractivity contribution is 0.193. The molecule has 0 unspecified atom stereocenters. The highest BCUT2D eigenvalue weighted by molar-refractivity contribution is 7.11. The largest absolute Gasteiger partial charge is 0.508 e. The Kier molecular flexibility index (Phi) is 9.63. The Morgan fingerprint density at radius 3 is 2.48 bits per heavy atom. The maximum atomic E-state index is 8.63. The number of hydrogen-bond acceptors (Lipinski definition) is 6. The molecule has 7 heteroatoms. The highest BCUT2D eigenvalue weighted by Gasteiger charge is 2.09. The van der Waals surface area contributed by atoms with Crippen molar-refractivity contribution in [2.24, 2.45) is 0 Å². The number of thiazole rings is 1. The summed E-state index contributed by atoms with van der Waals surface area (Å²) in [6, 6.07) is 8.71. The molecule has 128 valence electrons. The average molecular weight is 358 g/mol. The maximum Gasteiger partial charge on any atom is 0.196 e. The van der Waals surface area contributed by atoms with Crippen LogP contribution in [0.15, 0.2) is 35.8 Å². The van der Waals surface area contributed by atoms with Crippen LogP contribution >= 0.6 is 23.7 Å². The Morgan fingerprint density at radius 2 is 1.96 bits per heavy atom. The smallest absolute Gasteiger partial charge is 0.196 e. The summed E-state index contributed by atoms with van der Waals surface area (Å²) < 4.78 is 5.67. The Labute approximate surface area is 147 Å². The summed E-state index contributed by atoms with van der Waals surface area (Å²) in [5.41, 5.74) is 2.83. The molecule has 0 spiro atoms. The molecule has 0 atom stereocenters. The molecule has 1 aliphatic rings. The number of halogens is 1. The zero-order chi connectivity index (χ0) is 15.6.